The molecule has 0 spiro atoms. The number of nitrogens with zero attached hydrogens (tertiary/aromatic N) is 2. The molecule has 2 N–H and O–H groups in total. The van der Waals surface area contributed by atoms with Gasteiger partial charge >= 0.3 is 0 Å². The van der Waals surface area contributed by atoms with Gasteiger partial charge in [0.2, 0.25) is 5.91 Å². The minimum atomic E-state index is -0.336. The summed E-state index contributed by atoms with van der Waals surface area (Å²) in [5.41, 5.74) is 7.19. The number of carbonyl (C=O) groups is 2. The van der Waals surface area contributed by atoms with Crippen molar-refractivity contribution in [3.05, 3.63) is 95.1 Å². The number of aryl methyl sites for hydroxylation is 1. The zero-order valence-electron chi connectivity index (χ0n) is 18.8. The van der Waals surface area contributed by atoms with E-state index in [-0.39, 0.29) is 24.0 Å². The second-order valence-electron chi connectivity index (χ2n) is 8.30. The lowest BCUT2D eigenvalue weighted by atomic mass is 9.93. The van der Waals surface area contributed by atoms with Gasteiger partial charge in [-0.2, -0.15) is 5.10 Å². The third-order valence-corrected chi connectivity index (χ3v) is 5.94. The van der Waals surface area contributed by atoms with Crippen LogP contribution < -0.4 is 10.7 Å². The summed E-state index contributed by atoms with van der Waals surface area (Å²) in [6, 6.07) is 19.0. The van der Waals surface area contributed by atoms with Crippen LogP contribution in [0.25, 0.3) is 10.9 Å². The second kappa shape index (κ2) is 9.31. The Labute approximate surface area is 196 Å². The van der Waals surface area contributed by atoms with Crippen LogP contribution in [0.1, 0.15) is 45.8 Å². The molecule has 0 bridgehead atoms. The fourth-order valence-electron chi connectivity index (χ4n) is 4.33. The van der Waals surface area contributed by atoms with E-state index in [0.29, 0.717) is 12.1 Å². The van der Waals surface area contributed by atoms with Crippen LogP contribution in [0.2, 0.25) is 0 Å². The number of pyridine rings is 1. The lowest BCUT2D eigenvalue weighted by Crippen LogP contribution is -2.23. The first kappa shape index (κ1) is 21.6. The average molecular weight is 453 g/mol. The second-order valence-corrected chi connectivity index (χ2v) is 8.30. The van der Waals surface area contributed by atoms with E-state index in [2.05, 4.69) is 20.8 Å². The monoisotopic (exact) mass is 452 g/mol. The summed E-state index contributed by atoms with van der Waals surface area (Å²) in [5, 5.41) is 8.27. The van der Waals surface area contributed by atoms with Crippen molar-refractivity contribution in [3.63, 3.8) is 0 Å². The van der Waals surface area contributed by atoms with Crippen molar-refractivity contribution in [2.24, 2.45) is 5.10 Å². The van der Waals surface area contributed by atoms with Gasteiger partial charge in [0.05, 0.1) is 23.3 Å². The molecule has 0 aliphatic heterocycles. The summed E-state index contributed by atoms with van der Waals surface area (Å²) in [6.45, 7) is 1.85. The van der Waals surface area contributed by atoms with Crippen LogP contribution in [0.4, 0.5) is 5.69 Å². The highest BCUT2D eigenvalue weighted by atomic mass is 16.4. The Morgan fingerprint density at radius 1 is 1.03 bits per heavy atom. The average Bonchev–Trinajstić information content (AvgIpc) is 3.21. The van der Waals surface area contributed by atoms with Gasteiger partial charge in [0.15, 0.2) is 5.76 Å². The minimum Gasteiger partial charge on any atom is -0.455 e. The Morgan fingerprint density at radius 3 is 2.71 bits per heavy atom. The van der Waals surface area contributed by atoms with Crippen molar-refractivity contribution in [3.8, 4) is 0 Å². The smallest absolute Gasteiger partial charge is 0.291 e. The highest BCUT2D eigenvalue weighted by Gasteiger charge is 2.28. The maximum atomic E-state index is 13.1. The molecule has 4 aromatic rings. The van der Waals surface area contributed by atoms with Crippen LogP contribution in [0.3, 0.4) is 0 Å². The van der Waals surface area contributed by atoms with Crippen molar-refractivity contribution in [2.45, 2.75) is 32.6 Å². The van der Waals surface area contributed by atoms with E-state index in [1.54, 1.807) is 6.20 Å². The number of aromatic nitrogens is 1. The largest absolute Gasteiger partial charge is 0.455 e. The Kier molecular flexibility index (Phi) is 5.91. The van der Waals surface area contributed by atoms with Gasteiger partial charge in [-0.3, -0.25) is 14.6 Å². The van der Waals surface area contributed by atoms with Gasteiger partial charge in [0.1, 0.15) is 5.76 Å². The molecule has 0 unspecified atom stereocenters. The van der Waals surface area contributed by atoms with Gasteiger partial charge in [-0.25, -0.2) is 5.43 Å². The maximum absolute atomic E-state index is 13.1. The number of hydrazone groups is 1. The molecule has 2 heterocycles. The van der Waals surface area contributed by atoms with Crippen LogP contribution in [-0.2, 0) is 17.6 Å². The third kappa shape index (κ3) is 4.32. The fourth-order valence-corrected chi connectivity index (χ4v) is 4.33. The number of rotatable bonds is 5. The topological polar surface area (TPSA) is 96.6 Å². The molecule has 2 amide bonds. The number of fused-ring (bicyclic) bond motifs is 2. The zero-order valence-corrected chi connectivity index (χ0v) is 18.8. The summed E-state index contributed by atoms with van der Waals surface area (Å²) in [6.07, 6.45) is 4.20. The molecule has 0 radical (unpaired) electrons. The van der Waals surface area contributed by atoms with Gasteiger partial charge in [0, 0.05) is 29.1 Å². The Hall–Kier alpha value is -4.26. The van der Waals surface area contributed by atoms with Crippen molar-refractivity contribution in [1.82, 2.24) is 10.4 Å². The lowest BCUT2D eigenvalue weighted by molar-refractivity contribution is -0.120. The number of anilines is 1. The molecular formula is C27H24N4O3. The number of hydrogen-bond donors (Lipinski definition) is 2. The van der Waals surface area contributed by atoms with Gasteiger partial charge in [-0.05, 0) is 37.5 Å². The van der Waals surface area contributed by atoms with Crippen molar-refractivity contribution in [2.75, 3.05) is 5.32 Å². The third-order valence-electron chi connectivity index (χ3n) is 5.94. The maximum Gasteiger partial charge on any atom is 0.291 e. The molecule has 0 atom stereocenters. The van der Waals surface area contributed by atoms with Crippen LogP contribution in [0.15, 0.2) is 76.4 Å². The predicted octanol–water partition coefficient (Wildman–Crippen LogP) is 4.79. The van der Waals surface area contributed by atoms with Gasteiger partial charge in [-0.1, -0.05) is 48.5 Å². The molecule has 1 aliphatic carbocycles. The number of para-hydroxylation sites is 1. The van der Waals surface area contributed by atoms with Crippen LogP contribution in [-0.4, -0.2) is 22.5 Å². The molecule has 2 aromatic carbocycles. The Bertz CT molecular complexity index is 1400. The SMILES string of the molecule is Cc1c(C(=O)Nc2cccc3cccnc23)oc2c1/C(=N/NC(=O)Cc1ccccc1)CCC2. The highest BCUT2D eigenvalue weighted by Crippen LogP contribution is 2.31. The van der Waals surface area contributed by atoms with Crippen molar-refractivity contribution in [1.29, 1.82) is 0 Å². The number of amides is 2. The number of hydrogen-bond acceptors (Lipinski definition) is 5. The first-order valence-corrected chi connectivity index (χ1v) is 11.3. The first-order chi connectivity index (χ1) is 16.6. The molecule has 5 rings (SSSR count). The molecule has 34 heavy (non-hydrogen) atoms. The van der Waals surface area contributed by atoms with Gasteiger partial charge in [0.25, 0.3) is 5.91 Å². The molecule has 0 saturated heterocycles. The summed E-state index contributed by atoms with van der Waals surface area (Å²) in [7, 11) is 0. The molecule has 7 nitrogen and oxygen atoms in total. The van der Waals surface area contributed by atoms with E-state index in [1.807, 2.05) is 67.6 Å². The quantitative estimate of drug-likeness (QED) is 0.426. The van der Waals surface area contributed by atoms with E-state index in [9.17, 15) is 9.59 Å². The standard InChI is InChI=1S/C27H24N4O3/c1-17-24-20(30-31-23(32)16-18-8-3-2-4-9-18)12-6-14-22(24)34-26(17)27(33)29-21-13-5-10-19-11-7-15-28-25(19)21/h2-5,7-11,13,15H,6,12,14,16H2,1H3,(H,29,33)(H,31,32)/b30-20+. The Morgan fingerprint density at radius 2 is 1.85 bits per heavy atom. The van der Waals surface area contributed by atoms with E-state index >= 15 is 0 Å². The summed E-state index contributed by atoms with van der Waals surface area (Å²) < 4.78 is 5.99. The number of carbonyl (C=O) groups excluding carboxylic acids is 2. The normalized spacial score (nSPS) is 14.1. The summed E-state index contributed by atoms with van der Waals surface area (Å²) in [5.74, 6) is 0.454. The molecule has 0 fully saturated rings. The van der Waals surface area contributed by atoms with E-state index in [1.165, 1.54) is 0 Å². The highest BCUT2D eigenvalue weighted by molar-refractivity contribution is 6.11. The van der Waals surface area contributed by atoms with E-state index in [4.69, 9.17) is 4.42 Å². The van der Waals surface area contributed by atoms with Crippen molar-refractivity contribution < 1.29 is 14.0 Å². The molecule has 2 aromatic heterocycles. The lowest BCUT2D eigenvalue weighted by Gasteiger charge is -2.13. The summed E-state index contributed by atoms with van der Waals surface area (Å²) >= 11 is 0. The van der Waals surface area contributed by atoms with E-state index in [0.717, 1.165) is 51.9 Å². The first-order valence-electron chi connectivity index (χ1n) is 11.3. The fraction of sp³-hybridized carbons (Fsp3) is 0.185. The van der Waals surface area contributed by atoms with Crippen LogP contribution in [0, 0.1) is 6.92 Å². The summed E-state index contributed by atoms with van der Waals surface area (Å²) in [4.78, 5) is 29.9. The molecule has 1 aliphatic rings. The Balaban J connectivity index is 1.37. The van der Waals surface area contributed by atoms with Crippen molar-refractivity contribution >= 4 is 34.1 Å². The predicted molar refractivity (Wildman–Crippen MR) is 131 cm³/mol. The number of nitrogens with one attached hydrogen (secondary N) is 2. The van der Waals surface area contributed by atoms with Gasteiger partial charge < -0.3 is 9.73 Å². The number of furan rings is 1. The molecule has 170 valence electrons. The van der Waals surface area contributed by atoms with E-state index < -0.39 is 0 Å². The molecule has 7 heteroatoms. The van der Waals surface area contributed by atoms with Gasteiger partial charge in [-0.15, -0.1) is 0 Å². The minimum absolute atomic E-state index is 0.187. The van der Waals surface area contributed by atoms with Crippen LogP contribution >= 0.6 is 0 Å². The number of benzene rings is 2. The molecule has 0 saturated carbocycles. The molecular weight excluding hydrogens is 428 g/mol. The zero-order chi connectivity index (χ0) is 23.5. The van der Waals surface area contributed by atoms with Crippen LogP contribution in [0.5, 0.6) is 0 Å².